The van der Waals surface area contributed by atoms with Crippen LogP contribution in [0.4, 0.5) is 19.3 Å². The molecule has 0 aliphatic rings. The average molecular weight is 288 g/mol. The van der Waals surface area contributed by atoms with Gasteiger partial charge in [0.2, 0.25) is 0 Å². The fraction of sp³-hybridized carbons (Fsp3) is 0.333. The van der Waals surface area contributed by atoms with Crippen LogP contribution in [0.1, 0.15) is 6.92 Å². The van der Waals surface area contributed by atoms with Gasteiger partial charge >= 0.3 is 18.6 Å². The number of hydrogen-bond acceptors (Lipinski definition) is 3. The summed E-state index contributed by atoms with van der Waals surface area (Å²) in [7, 11) is 1.28. The summed E-state index contributed by atoms with van der Waals surface area (Å²) in [6.45, 7) is -1.70. The molecule has 0 saturated carbocycles. The molecule has 110 valence electrons. The van der Waals surface area contributed by atoms with Crippen LogP contribution in [-0.4, -0.2) is 41.7 Å². The number of aliphatic carboxylic acids is 1. The largest absolute Gasteiger partial charge is 0.480 e. The monoisotopic (exact) mass is 288 g/mol. The number of carboxylic acid groups (broad SMARTS) is 1. The van der Waals surface area contributed by atoms with Crippen molar-refractivity contribution in [1.29, 1.82) is 0 Å². The van der Waals surface area contributed by atoms with E-state index in [2.05, 4.69) is 10.1 Å². The first-order valence-corrected chi connectivity index (χ1v) is 5.63. The Morgan fingerprint density at radius 1 is 1.35 bits per heavy atom. The molecule has 20 heavy (non-hydrogen) atoms. The molecule has 0 aliphatic carbocycles. The van der Waals surface area contributed by atoms with E-state index in [9.17, 15) is 18.4 Å². The maximum absolute atomic E-state index is 12.2. The van der Waals surface area contributed by atoms with Crippen molar-refractivity contribution in [3.05, 3.63) is 24.3 Å². The van der Waals surface area contributed by atoms with Crippen molar-refractivity contribution in [1.82, 2.24) is 4.90 Å². The summed E-state index contributed by atoms with van der Waals surface area (Å²) in [5.41, 5.74) is 0.0299. The maximum Gasteiger partial charge on any atom is 0.387 e. The zero-order valence-electron chi connectivity index (χ0n) is 10.8. The average Bonchev–Trinajstić information content (AvgIpc) is 2.38. The van der Waals surface area contributed by atoms with E-state index in [1.165, 1.54) is 38.2 Å². The molecule has 1 aromatic carbocycles. The van der Waals surface area contributed by atoms with Crippen LogP contribution in [0.2, 0.25) is 0 Å². The molecule has 0 spiro atoms. The summed E-state index contributed by atoms with van der Waals surface area (Å²) in [5.74, 6) is -1.38. The first-order valence-electron chi connectivity index (χ1n) is 5.63. The SMILES string of the molecule is CC(C(=O)O)N(C)C(=O)Nc1ccccc1OC(F)F. The quantitative estimate of drug-likeness (QED) is 0.870. The number of urea groups is 1. The molecule has 8 heteroatoms. The Labute approximate surface area is 113 Å². The Bertz CT molecular complexity index is 496. The highest BCUT2D eigenvalue weighted by molar-refractivity contribution is 5.93. The van der Waals surface area contributed by atoms with E-state index in [1.807, 2.05) is 0 Å². The molecule has 0 aliphatic heterocycles. The number of carbonyl (C=O) groups excluding carboxylic acids is 1. The molecular formula is C12H14F2N2O4. The van der Waals surface area contributed by atoms with Crippen LogP contribution in [0.5, 0.6) is 5.75 Å². The third-order valence-electron chi connectivity index (χ3n) is 2.60. The Hall–Kier alpha value is -2.38. The summed E-state index contributed by atoms with van der Waals surface area (Å²) in [5, 5.41) is 11.1. The van der Waals surface area contributed by atoms with Gasteiger partial charge in [0.25, 0.3) is 0 Å². The summed E-state index contributed by atoms with van der Waals surface area (Å²) < 4.78 is 28.7. The first-order chi connectivity index (χ1) is 9.32. The fourth-order valence-electron chi connectivity index (χ4n) is 1.31. The van der Waals surface area contributed by atoms with Gasteiger partial charge in [-0.25, -0.2) is 9.59 Å². The summed E-state index contributed by atoms with van der Waals surface area (Å²) in [6, 6.07) is 3.83. The highest BCUT2D eigenvalue weighted by Gasteiger charge is 2.22. The molecule has 1 rings (SSSR count). The van der Waals surface area contributed by atoms with Gasteiger partial charge in [0.1, 0.15) is 11.8 Å². The van der Waals surface area contributed by atoms with E-state index in [0.29, 0.717) is 0 Å². The van der Waals surface area contributed by atoms with Gasteiger partial charge < -0.3 is 20.1 Å². The minimum Gasteiger partial charge on any atom is -0.480 e. The number of nitrogens with zero attached hydrogens (tertiary/aromatic N) is 1. The van der Waals surface area contributed by atoms with Crippen molar-refractivity contribution >= 4 is 17.7 Å². The van der Waals surface area contributed by atoms with Crippen LogP contribution in [0.25, 0.3) is 0 Å². The molecule has 1 unspecified atom stereocenters. The molecule has 1 aromatic rings. The minimum absolute atomic E-state index is 0.0299. The second-order valence-electron chi connectivity index (χ2n) is 3.93. The van der Waals surface area contributed by atoms with Crippen molar-refractivity contribution in [3.8, 4) is 5.75 Å². The summed E-state index contributed by atoms with van der Waals surface area (Å²) in [4.78, 5) is 23.5. The molecule has 0 bridgehead atoms. The first kappa shape index (κ1) is 15.7. The van der Waals surface area contributed by atoms with Gasteiger partial charge in [0.05, 0.1) is 5.69 Å². The van der Waals surface area contributed by atoms with Gasteiger partial charge in [-0.2, -0.15) is 8.78 Å². The molecule has 1 atom stereocenters. The van der Waals surface area contributed by atoms with Gasteiger partial charge in [0.15, 0.2) is 0 Å². The normalized spacial score (nSPS) is 11.8. The van der Waals surface area contributed by atoms with Crippen LogP contribution in [0, 0.1) is 0 Å². The molecule has 0 heterocycles. The topological polar surface area (TPSA) is 78.9 Å². The van der Waals surface area contributed by atoms with Crippen LogP contribution < -0.4 is 10.1 Å². The number of benzene rings is 1. The highest BCUT2D eigenvalue weighted by Crippen LogP contribution is 2.25. The van der Waals surface area contributed by atoms with Crippen LogP contribution in [-0.2, 0) is 4.79 Å². The standard InChI is InChI=1S/C12H14F2N2O4/c1-7(10(17)18)16(2)12(19)15-8-5-3-4-6-9(8)20-11(13)14/h3-7,11H,1-2H3,(H,15,19)(H,17,18). The van der Waals surface area contributed by atoms with Crippen LogP contribution in [0.3, 0.4) is 0 Å². The van der Waals surface area contributed by atoms with E-state index >= 15 is 0 Å². The molecule has 2 N–H and O–H groups in total. The van der Waals surface area contributed by atoms with E-state index in [1.54, 1.807) is 0 Å². The second kappa shape index (κ2) is 6.69. The molecule has 0 fully saturated rings. The lowest BCUT2D eigenvalue weighted by Gasteiger charge is -2.22. The number of alkyl halides is 2. The number of likely N-dealkylation sites (N-methyl/N-ethyl adjacent to an activating group) is 1. The Balaban J connectivity index is 2.83. The number of rotatable bonds is 5. The lowest BCUT2D eigenvalue weighted by Crippen LogP contribution is -2.42. The summed E-state index contributed by atoms with van der Waals surface area (Å²) in [6.07, 6.45) is 0. The molecule has 0 saturated heterocycles. The number of anilines is 1. The zero-order valence-corrected chi connectivity index (χ0v) is 10.8. The Kier molecular flexibility index (Phi) is 5.24. The van der Waals surface area contributed by atoms with Crippen molar-refractivity contribution in [2.45, 2.75) is 19.6 Å². The predicted octanol–water partition coefficient (Wildman–Crippen LogP) is 2.22. The predicted molar refractivity (Wildman–Crippen MR) is 67.0 cm³/mol. The zero-order chi connectivity index (χ0) is 15.3. The fourth-order valence-corrected chi connectivity index (χ4v) is 1.31. The van der Waals surface area contributed by atoms with Gasteiger partial charge in [0, 0.05) is 7.05 Å². The number of halogens is 2. The van der Waals surface area contributed by atoms with Gasteiger partial charge in [-0.15, -0.1) is 0 Å². The Morgan fingerprint density at radius 2 is 1.95 bits per heavy atom. The Morgan fingerprint density at radius 3 is 2.50 bits per heavy atom. The number of hydrogen-bond donors (Lipinski definition) is 2. The number of para-hydroxylation sites is 2. The van der Waals surface area contributed by atoms with Crippen LogP contribution in [0.15, 0.2) is 24.3 Å². The molecule has 6 nitrogen and oxygen atoms in total. The highest BCUT2D eigenvalue weighted by atomic mass is 19.3. The van der Waals surface area contributed by atoms with E-state index < -0.39 is 24.7 Å². The van der Waals surface area contributed by atoms with Crippen molar-refractivity contribution in [2.24, 2.45) is 0 Å². The number of nitrogens with one attached hydrogen (secondary N) is 1. The minimum atomic E-state index is -3.02. The smallest absolute Gasteiger partial charge is 0.387 e. The number of ether oxygens (including phenoxy) is 1. The van der Waals surface area contributed by atoms with Gasteiger partial charge in [-0.3, -0.25) is 0 Å². The van der Waals surface area contributed by atoms with Crippen LogP contribution >= 0.6 is 0 Å². The third-order valence-corrected chi connectivity index (χ3v) is 2.60. The lowest BCUT2D eigenvalue weighted by molar-refractivity contribution is -0.141. The van der Waals surface area contributed by atoms with E-state index in [0.717, 1.165) is 4.90 Å². The molecule has 0 aromatic heterocycles. The number of carboxylic acids is 1. The maximum atomic E-state index is 12.2. The number of carbonyl (C=O) groups is 2. The van der Waals surface area contributed by atoms with Gasteiger partial charge in [-0.05, 0) is 19.1 Å². The van der Waals surface area contributed by atoms with Crippen molar-refractivity contribution in [3.63, 3.8) is 0 Å². The molecule has 0 radical (unpaired) electrons. The van der Waals surface area contributed by atoms with Crippen molar-refractivity contribution < 1.29 is 28.2 Å². The molecular weight excluding hydrogens is 274 g/mol. The third kappa shape index (κ3) is 4.08. The molecule has 2 amide bonds. The number of amides is 2. The lowest BCUT2D eigenvalue weighted by atomic mass is 10.3. The van der Waals surface area contributed by atoms with Crippen molar-refractivity contribution in [2.75, 3.05) is 12.4 Å². The summed E-state index contributed by atoms with van der Waals surface area (Å²) >= 11 is 0. The van der Waals surface area contributed by atoms with Gasteiger partial charge in [-0.1, -0.05) is 12.1 Å². The second-order valence-corrected chi connectivity index (χ2v) is 3.93. The van der Waals surface area contributed by atoms with E-state index in [4.69, 9.17) is 5.11 Å². The van der Waals surface area contributed by atoms with E-state index in [-0.39, 0.29) is 11.4 Å².